The lowest BCUT2D eigenvalue weighted by Crippen LogP contribution is -2.41. The molecule has 136 valence electrons. The first-order chi connectivity index (χ1) is 12.0. The maximum absolute atomic E-state index is 11.9. The van der Waals surface area contributed by atoms with Crippen molar-refractivity contribution in [2.45, 2.75) is 58.5 Å². The van der Waals surface area contributed by atoms with Gasteiger partial charge in [-0.25, -0.2) is 9.97 Å². The van der Waals surface area contributed by atoms with Gasteiger partial charge in [-0.2, -0.15) is 0 Å². The van der Waals surface area contributed by atoms with Crippen LogP contribution in [-0.2, 0) is 0 Å². The van der Waals surface area contributed by atoms with Gasteiger partial charge in [-0.3, -0.25) is 4.79 Å². The van der Waals surface area contributed by atoms with Crippen LogP contribution >= 0.6 is 0 Å². The predicted molar refractivity (Wildman–Crippen MR) is 100 cm³/mol. The minimum absolute atomic E-state index is 0.234. The van der Waals surface area contributed by atoms with Gasteiger partial charge in [0.2, 0.25) is 5.82 Å². The van der Waals surface area contributed by atoms with Crippen molar-refractivity contribution in [3.8, 4) is 0 Å². The Morgan fingerprint density at radius 2 is 2.00 bits per heavy atom. The first-order valence-electron chi connectivity index (χ1n) is 9.22. The Labute approximate surface area is 150 Å². The molecule has 0 radical (unpaired) electrons. The molecule has 3 rings (SSSR count). The van der Waals surface area contributed by atoms with E-state index in [1.165, 1.54) is 18.4 Å². The van der Waals surface area contributed by atoms with E-state index in [0.717, 1.165) is 43.0 Å². The molecule has 1 fully saturated rings. The molecule has 0 aromatic carbocycles. The standard InChI is InChI=1S/C19H29N5O/c1-12-5-7-15(8-6-12)22-16-9-10-24(11-16)18-13(2)14(3)21-17(23-18)19(25)20-4/h5,15-16,22H,6-11H2,1-4H3,(H,20,25)/t15?,16-/m1/s1. The summed E-state index contributed by atoms with van der Waals surface area (Å²) in [5.74, 6) is 0.919. The molecule has 6 nitrogen and oxygen atoms in total. The average Bonchev–Trinajstić information content (AvgIpc) is 3.06. The molecule has 2 N–H and O–H groups in total. The molecule has 1 unspecified atom stereocenters. The van der Waals surface area contributed by atoms with Crippen molar-refractivity contribution in [1.82, 2.24) is 20.6 Å². The van der Waals surface area contributed by atoms with Gasteiger partial charge in [0.1, 0.15) is 5.82 Å². The van der Waals surface area contributed by atoms with Gasteiger partial charge in [0.25, 0.3) is 5.91 Å². The third kappa shape index (κ3) is 4.00. The molecule has 1 aliphatic carbocycles. The maximum atomic E-state index is 11.9. The number of aromatic nitrogens is 2. The Balaban J connectivity index is 1.69. The van der Waals surface area contributed by atoms with Crippen LogP contribution < -0.4 is 15.5 Å². The maximum Gasteiger partial charge on any atom is 0.288 e. The van der Waals surface area contributed by atoms with Crippen LogP contribution in [0.25, 0.3) is 0 Å². The zero-order chi connectivity index (χ0) is 18.0. The minimum atomic E-state index is -0.234. The molecule has 2 atom stereocenters. The fourth-order valence-corrected chi connectivity index (χ4v) is 3.67. The molecule has 1 aliphatic heterocycles. The summed E-state index contributed by atoms with van der Waals surface area (Å²) < 4.78 is 0. The Kier molecular flexibility index (Phi) is 5.37. The number of rotatable bonds is 4. The van der Waals surface area contributed by atoms with Crippen molar-refractivity contribution in [3.63, 3.8) is 0 Å². The van der Waals surface area contributed by atoms with Crippen molar-refractivity contribution >= 4 is 11.7 Å². The lowest BCUT2D eigenvalue weighted by atomic mass is 9.95. The summed E-state index contributed by atoms with van der Waals surface area (Å²) in [6, 6.07) is 1.07. The Morgan fingerprint density at radius 3 is 2.68 bits per heavy atom. The van der Waals surface area contributed by atoms with E-state index in [1.54, 1.807) is 7.05 Å². The van der Waals surface area contributed by atoms with E-state index in [4.69, 9.17) is 0 Å². The van der Waals surface area contributed by atoms with Gasteiger partial charge in [-0.1, -0.05) is 11.6 Å². The molecular weight excluding hydrogens is 314 g/mol. The van der Waals surface area contributed by atoms with Gasteiger partial charge in [-0.05, 0) is 46.5 Å². The summed E-state index contributed by atoms with van der Waals surface area (Å²) >= 11 is 0. The number of aryl methyl sites for hydroxylation is 1. The van der Waals surface area contributed by atoms with Gasteiger partial charge >= 0.3 is 0 Å². The van der Waals surface area contributed by atoms with Crippen LogP contribution in [0.2, 0.25) is 0 Å². The van der Waals surface area contributed by atoms with Crippen molar-refractivity contribution in [3.05, 3.63) is 28.7 Å². The molecule has 6 heteroatoms. The molecular formula is C19H29N5O. The Hall–Kier alpha value is -1.95. The lowest BCUT2D eigenvalue weighted by Gasteiger charge is -2.26. The van der Waals surface area contributed by atoms with Gasteiger partial charge in [0, 0.05) is 43.5 Å². The number of allylic oxidation sites excluding steroid dienone is 1. The van der Waals surface area contributed by atoms with Crippen LogP contribution in [-0.4, -0.2) is 48.1 Å². The monoisotopic (exact) mass is 343 g/mol. The van der Waals surface area contributed by atoms with Gasteiger partial charge < -0.3 is 15.5 Å². The smallest absolute Gasteiger partial charge is 0.288 e. The number of carbonyl (C=O) groups excluding carboxylic acids is 1. The number of nitrogens with one attached hydrogen (secondary N) is 2. The number of anilines is 1. The molecule has 2 heterocycles. The lowest BCUT2D eigenvalue weighted by molar-refractivity contribution is 0.0952. The van der Waals surface area contributed by atoms with E-state index in [-0.39, 0.29) is 11.7 Å². The molecule has 25 heavy (non-hydrogen) atoms. The van der Waals surface area contributed by atoms with Crippen molar-refractivity contribution in [2.24, 2.45) is 0 Å². The Morgan fingerprint density at radius 1 is 1.20 bits per heavy atom. The van der Waals surface area contributed by atoms with Gasteiger partial charge in [0.05, 0.1) is 0 Å². The molecule has 1 aromatic heterocycles. The first kappa shape index (κ1) is 17.9. The number of amides is 1. The highest BCUT2D eigenvalue weighted by Crippen LogP contribution is 2.25. The van der Waals surface area contributed by atoms with E-state index in [9.17, 15) is 4.79 Å². The summed E-state index contributed by atoms with van der Waals surface area (Å²) in [6.45, 7) is 8.09. The topological polar surface area (TPSA) is 70.2 Å². The van der Waals surface area contributed by atoms with Crippen molar-refractivity contribution in [2.75, 3.05) is 25.0 Å². The summed E-state index contributed by atoms with van der Waals surface area (Å²) in [4.78, 5) is 23.1. The van der Waals surface area contributed by atoms with Crippen LogP contribution in [0.3, 0.4) is 0 Å². The van der Waals surface area contributed by atoms with Crippen molar-refractivity contribution in [1.29, 1.82) is 0 Å². The van der Waals surface area contributed by atoms with E-state index < -0.39 is 0 Å². The highest BCUT2D eigenvalue weighted by atomic mass is 16.2. The first-order valence-corrected chi connectivity index (χ1v) is 9.22. The van der Waals surface area contributed by atoms with Crippen LogP contribution in [0.4, 0.5) is 5.82 Å². The molecule has 1 saturated heterocycles. The van der Waals surface area contributed by atoms with Crippen LogP contribution in [0, 0.1) is 13.8 Å². The second-order valence-electron chi connectivity index (χ2n) is 7.28. The SMILES string of the molecule is CNC(=O)c1nc(C)c(C)c(N2CC[C@@H](NC3CC=C(C)CC3)C2)n1. The highest BCUT2D eigenvalue weighted by molar-refractivity contribution is 5.90. The predicted octanol–water partition coefficient (Wildman–Crippen LogP) is 2.12. The number of nitrogens with zero attached hydrogens (tertiary/aromatic N) is 3. The van der Waals surface area contributed by atoms with E-state index in [1.807, 2.05) is 13.8 Å². The molecule has 0 spiro atoms. The van der Waals surface area contributed by atoms with Crippen LogP contribution in [0.5, 0.6) is 0 Å². The van der Waals surface area contributed by atoms with E-state index >= 15 is 0 Å². The molecule has 1 aromatic rings. The largest absolute Gasteiger partial charge is 0.355 e. The van der Waals surface area contributed by atoms with Gasteiger partial charge in [0.15, 0.2) is 0 Å². The fourth-order valence-electron chi connectivity index (χ4n) is 3.67. The molecule has 1 amide bonds. The van der Waals surface area contributed by atoms with Crippen molar-refractivity contribution < 1.29 is 4.79 Å². The van der Waals surface area contributed by atoms with Crippen LogP contribution in [0.1, 0.15) is 54.5 Å². The summed E-state index contributed by atoms with van der Waals surface area (Å²) in [5.41, 5.74) is 3.44. The second-order valence-corrected chi connectivity index (χ2v) is 7.28. The highest BCUT2D eigenvalue weighted by Gasteiger charge is 2.28. The third-order valence-corrected chi connectivity index (χ3v) is 5.39. The summed E-state index contributed by atoms with van der Waals surface area (Å²) in [7, 11) is 1.61. The normalized spacial score (nSPS) is 23.5. The van der Waals surface area contributed by atoms with Gasteiger partial charge in [-0.15, -0.1) is 0 Å². The second kappa shape index (κ2) is 7.52. The zero-order valence-corrected chi connectivity index (χ0v) is 15.7. The Bertz CT molecular complexity index is 685. The average molecular weight is 343 g/mol. The number of hydrogen-bond acceptors (Lipinski definition) is 5. The number of carbonyl (C=O) groups is 1. The quantitative estimate of drug-likeness (QED) is 0.820. The minimum Gasteiger partial charge on any atom is -0.355 e. The molecule has 2 aliphatic rings. The number of hydrogen-bond donors (Lipinski definition) is 2. The van der Waals surface area contributed by atoms with E-state index in [0.29, 0.717) is 12.1 Å². The zero-order valence-electron chi connectivity index (χ0n) is 15.7. The molecule has 0 saturated carbocycles. The summed E-state index contributed by atoms with van der Waals surface area (Å²) in [6.07, 6.45) is 7.03. The van der Waals surface area contributed by atoms with Crippen LogP contribution in [0.15, 0.2) is 11.6 Å². The molecule has 0 bridgehead atoms. The van der Waals surface area contributed by atoms with E-state index in [2.05, 4.69) is 38.5 Å². The fraction of sp³-hybridized carbons (Fsp3) is 0.632. The summed E-state index contributed by atoms with van der Waals surface area (Å²) in [5, 5.41) is 6.42. The third-order valence-electron chi connectivity index (χ3n) is 5.39.